The summed E-state index contributed by atoms with van der Waals surface area (Å²) in [5.74, 6) is 1.36. The number of ether oxygens (including phenoxy) is 1. The molecule has 3 aromatic heterocycles. The zero-order chi connectivity index (χ0) is 29.2. The van der Waals surface area contributed by atoms with Gasteiger partial charge >= 0.3 is 0 Å². The van der Waals surface area contributed by atoms with E-state index in [9.17, 15) is 9.59 Å². The Hall–Kier alpha value is -5.02. The van der Waals surface area contributed by atoms with E-state index in [0.717, 1.165) is 44.5 Å². The number of amides is 2. The number of thiophene rings is 1. The van der Waals surface area contributed by atoms with Crippen molar-refractivity contribution in [1.29, 1.82) is 0 Å². The molecular formula is C34H29N5O3S. The highest BCUT2D eigenvalue weighted by molar-refractivity contribution is 7.17. The number of aromatic nitrogens is 2. The maximum absolute atomic E-state index is 14.0. The number of para-hydroxylation sites is 2. The lowest BCUT2D eigenvalue weighted by molar-refractivity contribution is 0.0952. The van der Waals surface area contributed by atoms with Gasteiger partial charge in [0.15, 0.2) is 0 Å². The van der Waals surface area contributed by atoms with E-state index in [0.29, 0.717) is 49.8 Å². The molecule has 7 rings (SSSR count). The third-order valence-corrected chi connectivity index (χ3v) is 8.92. The average molecular weight is 588 g/mol. The minimum absolute atomic E-state index is 0.128. The molecule has 5 heterocycles. The summed E-state index contributed by atoms with van der Waals surface area (Å²) in [4.78, 5) is 41.8. The molecule has 0 aliphatic carbocycles. The lowest BCUT2D eigenvalue weighted by atomic mass is 10.1. The minimum Gasteiger partial charge on any atom is -0.491 e. The number of benzene rings is 2. The van der Waals surface area contributed by atoms with Crippen LogP contribution in [0.4, 0.5) is 11.5 Å². The Balaban J connectivity index is 1.13. The van der Waals surface area contributed by atoms with Gasteiger partial charge in [-0.2, -0.15) is 0 Å². The second-order valence-corrected chi connectivity index (χ2v) is 11.5. The highest BCUT2D eigenvalue weighted by Gasteiger charge is 2.28. The van der Waals surface area contributed by atoms with Crippen LogP contribution in [-0.2, 0) is 19.5 Å². The summed E-state index contributed by atoms with van der Waals surface area (Å²) in [5, 5.41) is 2.98. The molecule has 0 radical (unpaired) electrons. The molecule has 5 aromatic rings. The van der Waals surface area contributed by atoms with E-state index in [1.54, 1.807) is 12.3 Å². The molecule has 0 saturated heterocycles. The van der Waals surface area contributed by atoms with Crippen LogP contribution in [0.25, 0.3) is 10.4 Å². The molecule has 2 aromatic carbocycles. The first-order valence-electron chi connectivity index (χ1n) is 14.3. The Bertz CT molecular complexity index is 1810. The predicted octanol–water partition coefficient (Wildman–Crippen LogP) is 5.74. The Morgan fingerprint density at radius 3 is 2.67 bits per heavy atom. The summed E-state index contributed by atoms with van der Waals surface area (Å²) in [6, 6.07) is 29.1. The fourth-order valence-corrected chi connectivity index (χ4v) is 6.72. The van der Waals surface area contributed by atoms with Gasteiger partial charge in [0.1, 0.15) is 23.9 Å². The summed E-state index contributed by atoms with van der Waals surface area (Å²) < 4.78 is 5.93. The quantitative estimate of drug-likeness (QED) is 0.282. The number of carbonyl (C=O) groups excluding carboxylic acids is 2. The van der Waals surface area contributed by atoms with Gasteiger partial charge in [-0.05, 0) is 54.4 Å². The molecule has 0 unspecified atom stereocenters. The average Bonchev–Trinajstić information content (AvgIpc) is 3.27. The third kappa shape index (κ3) is 5.47. The SMILES string of the molecule is O=C(NCc1ccccn1)c1cc2c(s1)-c1ccccc1N(C(=O)c1cccc(N3CCOc4ccccc4C3)n1)CC2. The Kier molecular flexibility index (Phi) is 7.30. The summed E-state index contributed by atoms with van der Waals surface area (Å²) in [7, 11) is 0. The first-order chi connectivity index (χ1) is 21.1. The fraction of sp³-hybridized carbons (Fsp3) is 0.176. The van der Waals surface area contributed by atoms with Gasteiger partial charge in [0.25, 0.3) is 11.8 Å². The van der Waals surface area contributed by atoms with E-state index < -0.39 is 0 Å². The number of nitrogens with zero attached hydrogens (tertiary/aromatic N) is 4. The van der Waals surface area contributed by atoms with Gasteiger partial charge in [0.2, 0.25) is 0 Å². The Labute approximate surface area is 253 Å². The molecule has 2 aliphatic rings. The van der Waals surface area contributed by atoms with E-state index in [1.807, 2.05) is 83.8 Å². The van der Waals surface area contributed by atoms with Crippen LogP contribution in [-0.4, -0.2) is 41.5 Å². The summed E-state index contributed by atoms with van der Waals surface area (Å²) in [5.41, 5.74) is 5.11. The molecular weight excluding hydrogens is 558 g/mol. The predicted molar refractivity (Wildman–Crippen MR) is 168 cm³/mol. The zero-order valence-electron chi connectivity index (χ0n) is 23.4. The van der Waals surface area contributed by atoms with Gasteiger partial charge in [-0.1, -0.05) is 48.5 Å². The molecule has 1 N–H and O–H groups in total. The Morgan fingerprint density at radius 2 is 1.77 bits per heavy atom. The number of pyridine rings is 2. The van der Waals surface area contributed by atoms with Crippen LogP contribution in [0.3, 0.4) is 0 Å². The minimum atomic E-state index is -0.149. The second kappa shape index (κ2) is 11.7. The maximum atomic E-state index is 14.0. The van der Waals surface area contributed by atoms with E-state index in [1.165, 1.54) is 11.3 Å². The fourth-order valence-electron chi connectivity index (χ4n) is 5.56. The molecule has 2 aliphatic heterocycles. The van der Waals surface area contributed by atoms with E-state index in [-0.39, 0.29) is 11.8 Å². The van der Waals surface area contributed by atoms with Gasteiger partial charge < -0.3 is 19.9 Å². The number of rotatable bonds is 5. The maximum Gasteiger partial charge on any atom is 0.276 e. The summed E-state index contributed by atoms with van der Waals surface area (Å²) in [6.07, 6.45) is 2.34. The normalized spacial score (nSPS) is 14.0. The zero-order valence-corrected chi connectivity index (χ0v) is 24.2. The van der Waals surface area contributed by atoms with Crippen LogP contribution < -0.4 is 19.9 Å². The first kappa shape index (κ1) is 26.9. The highest BCUT2D eigenvalue weighted by Crippen LogP contribution is 2.42. The second-order valence-electron chi connectivity index (χ2n) is 10.5. The number of anilines is 2. The molecule has 0 bridgehead atoms. The van der Waals surface area contributed by atoms with Crippen molar-refractivity contribution in [3.63, 3.8) is 0 Å². The summed E-state index contributed by atoms with van der Waals surface area (Å²) in [6.45, 7) is 2.71. The van der Waals surface area contributed by atoms with Crippen LogP contribution in [0.2, 0.25) is 0 Å². The number of hydrogen-bond donors (Lipinski definition) is 1. The van der Waals surface area contributed by atoms with Crippen molar-refractivity contribution in [2.75, 3.05) is 29.5 Å². The largest absolute Gasteiger partial charge is 0.491 e. The monoisotopic (exact) mass is 587 g/mol. The van der Waals surface area contributed by atoms with Gasteiger partial charge in [-0.15, -0.1) is 11.3 Å². The van der Waals surface area contributed by atoms with Crippen LogP contribution in [0.1, 0.15) is 37.0 Å². The van der Waals surface area contributed by atoms with E-state index >= 15 is 0 Å². The van der Waals surface area contributed by atoms with Crippen LogP contribution in [0.15, 0.2) is 97.2 Å². The topological polar surface area (TPSA) is 87.7 Å². The van der Waals surface area contributed by atoms with Gasteiger partial charge in [0.05, 0.1) is 29.3 Å². The van der Waals surface area contributed by atoms with Crippen LogP contribution in [0.5, 0.6) is 5.75 Å². The van der Waals surface area contributed by atoms with Crippen molar-refractivity contribution in [2.45, 2.75) is 19.5 Å². The molecule has 0 saturated carbocycles. The molecule has 214 valence electrons. The molecule has 9 heteroatoms. The summed E-state index contributed by atoms with van der Waals surface area (Å²) >= 11 is 1.46. The van der Waals surface area contributed by atoms with Crippen molar-refractivity contribution in [1.82, 2.24) is 15.3 Å². The number of fused-ring (bicyclic) bond motifs is 4. The van der Waals surface area contributed by atoms with Crippen molar-refractivity contribution < 1.29 is 14.3 Å². The standard InChI is InChI=1S/C34H29N5O3S/c40-33(36-21-25-9-5-6-16-35-25)30-20-23-15-17-39(28-12-3-2-10-26(28)32(23)43-30)34(41)27-11-7-14-31(37-27)38-18-19-42-29-13-4-1-8-24(29)22-38/h1-14,16,20H,15,17-19,21-22H2,(H,36,40). The van der Waals surface area contributed by atoms with E-state index in [2.05, 4.69) is 21.3 Å². The number of carbonyl (C=O) groups is 2. The van der Waals surface area contributed by atoms with Crippen molar-refractivity contribution in [2.24, 2.45) is 0 Å². The smallest absolute Gasteiger partial charge is 0.276 e. The molecule has 2 amide bonds. The third-order valence-electron chi connectivity index (χ3n) is 7.71. The van der Waals surface area contributed by atoms with E-state index in [4.69, 9.17) is 9.72 Å². The lowest BCUT2D eigenvalue weighted by Crippen LogP contribution is -2.34. The molecule has 0 spiro atoms. The van der Waals surface area contributed by atoms with Gasteiger partial charge in [-0.25, -0.2) is 4.98 Å². The van der Waals surface area contributed by atoms with Crippen molar-refractivity contribution in [3.05, 3.63) is 125 Å². The lowest BCUT2D eigenvalue weighted by Gasteiger charge is -2.24. The first-order valence-corrected chi connectivity index (χ1v) is 15.1. The van der Waals surface area contributed by atoms with Gasteiger partial charge in [0, 0.05) is 35.3 Å². The van der Waals surface area contributed by atoms with Crippen molar-refractivity contribution in [3.8, 4) is 16.2 Å². The Morgan fingerprint density at radius 1 is 0.907 bits per heavy atom. The molecule has 0 fully saturated rings. The van der Waals surface area contributed by atoms with Gasteiger partial charge in [-0.3, -0.25) is 14.6 Å². The number of nitrogens with one attached hydrogen (secondary N) is 1. The molecule has 43 heavy (non-hydrogen) atoms. The number of hydrogen-bond acceptors (Lipinski definition) is 7. The van der Waals surface area contributed by atoms with Crippen LogP contribution >= 0.6 is 11.3 Å². The molecule has 8 nitrogen and oxygen atoms in total. The van der Waals surface area contributed by atoms with Crippen LogP contribution in [0, 0.1) is 0 Å². The van der Waals surface area contributed by atoms with Crippen molar-refractivity contribution >= 4 is 34.7 Å². The highest BCUT2D eigenvalue weighted by atomic mass is 32.1. The molecule has 0 atom stereocenters.